The minimum atomic E-state index is -2.56. The highest BCUT2D eigenvalue weighted by atomic mass is 19.3. The monoisotopic (exact) mass is 375 g/mol. The summed E-state index contributed by atoms with van der Waals surface area (Å²) >= 11 is 0. The SMILES string of the molecule is FC(F)c1cc(N2CCN(Cc3cc(C4CC4)on3)CC2)nc(C2CC2)n1. The Morgan fingerprint density at radius 3 is 2.41 bits per heavy atom. The molecule has 1 aliphatic heterocycles. The largest absolute Gasteiger partial charge is 0.361 e. The van der Waals surface area contributed by atoms with Gasteiger partial charge in [0.15, 0.2) is 0 Å². The lowest BCUT2D eigenvalue weighted by atomic mass is 10.2. The summed E-state index contributed by atoms with van der Waals surface area (Å²) < 4.78 is 31.8. The van der Waals surface area contributed by atoms with Crippen LogP contribution < -0.4 is 4.90 Å². The van der Waals surface area contributed by atoms with Crippen LogP contribution in [-0.2, 0) is 6.54 Å². The summed E-state index contributed by atoms with van der Waals surface area (Å²) in [5.74, 6) is 3.07. The van der Waals surface area contributed by atoms with Gasteiger partial charge < -0.3 is 9.42 Å². The van der Waals surface area contributed by atoms with Gasteiger partial charge in [-0.15, -0.1) is 0 Å². The van der Waals surface area contributed by atoms with E-state index in [0.29, 0.717) is 17.6 Å². The van der Waals surface area contributed by atoms with Gasteiger partial charge in [-0.1, -0.05) is 5.16 Å². The topological polar surface area (TPSA) is 58.3 Å². The van der Waals surface area contributed by atoms with Gasteiger partial charge in [-0.05, 0) is 25.7 Å². The lowest BCUT2D eigenvalue weighted by Crippen LogP contribution is -2.46. The molecule has 3 fully saturated rings. The first-order valence-corrected chi connectivity index (χ1v) is 9.75. The van der Waals surface area contributed by atoms with Crippen molar-refractivity contribution in [1.82, 2.24) is 20.0 Å². The first-order valence-electron chi connectivity index (χ1n) is 9.75. The smallest absolute Gasteiger partial charge is 0.280 e. The van der Waals surface area contributed by atoms with Crippen LogP contribution in [0, 0.1) is 0 Å². The normalized spacial score (nSPS) is 21.2. The van der Waals surface area contributed by atoms with Crippen LogP contribution in [0.5, 0.6) is 0 Å². The van der Waals surface area contributed by atoms with Crippen molar-refractivity contribution >= 4 is 5.82 Å². The summed E-state index contributed by atoms with van der Waals surface area (Å²) in [6.07, 6.45) is 1.85. The molecule has 3 heterocycles. The van der Waals surface area contributed by atoms with Crippen LogP contribution in [0.15, 0.2) is 16.7 Å². The second-order valence-corrected chi connectivity index (χ2v) is 7.84. The summed E-state index contributed by atoms with van der Waals surface area (Å²) in [6.45, 7) is 3.98. The first-order chi connectivity index (χ1) is 13.2. The highest BCUT2D eigenvalue weighted by Gasteiger charge is 2.30. The van der Waals surface area contributed by atoms with Crippen LogP contribution in [0.4, 0.5) is 14.6 Å². The maximum atomic E-state index is 13.2. The van der Waals surface area contributed by atoms with E-state index < -0.39 is 6.43 Å². The molecule has 3 aliphatic rings. The molecule has 1 saturated heterocycles. The standard InChI is InChI=1S/C19H23F2N5O/c20-18(21)15-10-17(23-19(22-15)13-3-4-13)26-7-5-25(6-8-26)11-14-9-16(27-24-14)12-1-2-12/h9-10,12-13,18H,1-8,11H2. The Balaban J connectivity index is 1.23. The van der Waals surface area contributed by atoms with E-state index in [9.17, 15) is 8.78 Å². The first kappa shape index (κ1) is 17.0. The average molecular weight is 375 g/mol. The Morgan fingerprint density at radius 2 is 1.74 bits per heavy atom. The van der Waals surface area contributed by atoms with Crippen molar-refractivity contribution in [3.05, 3.63) is 35.1 Å². The number of nitrogens with zero attached hydrogens (tertiary/aromatic N) is 5. The molecule has 2 saturated carbocycles. The van der Waals surface area contributed by atoms with Crippen LogP contribution >= 0.6 is 0 Å². The number of piperazine rings is 1. The third kappa shape index (κ3) is 3.81. The minimum Gasteiger partial charge on any atom is -0.361 e. The zero-order valence-corrected chi connectivity index (χ0v) is 15.2. The van der Waals surface area contributed by atoms with Crippen molar-refractivity contribution in [2.45, 2.75) is 50.5 Å². The van der Waals surface area contributed by atoms with E-state index >= 15 is 0 Å². The van der Waals surface area contributed by atoms with Crippen molar-refractivity contribution in [3.8, 4) is 0 Å². The fourth-order valence-electron chi connectivity index (χ4n) is 3.60. The average Bonchev–Trinajstić information content (AvgIpc) is 3.60. The molecular formula is C19H23F2N5O. The van der Waals surface area contributed by atoms with Gasteiger partial charge in [-0.25, -0.2) is 18.7 Å². The molecule has 2 aromatic rings. The van der Waals surface area contributed by atoms with E-state index in [1.54, 1.807) is 0 Å². The number of hydrogen-bond donors (Lipinski definition) is 0. The van der Waals surface area contributed by atoms with Gasteiger partial charge >= 0.3 is 0 Å². The molecule has 0 atom stereocenters. The number of aromatic nitrogens is 3. The van der Waals surface area contributed by atoms with Crippen LogP contribution in [0.3, 0.4) is 0 Å². The molecule has 0 radical (unpaired) electrons. The maximum Gasteiger partial charge on any atom is 0.280 e. The Labute approximate surface area is 156 Å². The van der Waals surface area contributed by atoms with Crippen molar-refractivity contribution in [2.24, 2.45) is 0 Å². The molecule has 5 rings (SSSR count). The Morgan fingerprint density at radius 1 is 1.00 bits per heavy atom. The predicted octanol–water partition coefficient (Wildman–Crippen LogP) is 3.48. The van der Waals surface area contributed by atoms with E-state index in [0.717, 1.165) is 57.0 Å². The fraction of sp³-hybridized carbons (Fsp3) is 0.632. The van der Waals surface area contributed by atoms with Crippen molar-refractivity contribution in [3.63, 3.8) is 0 Å². The molecule has 0 N–H and O–H groups in total. The summed E-state index contributed by atoms with van der Waals surface area (Å²) in [7, 11) is 0. The van der Waals surface area contributed by atoms with Gasteiger partial charge in [0.05, 0.1) is 5.69 Å². The van der Waals surface area contributed by atoms with Gasteiger partial charge in [-0.3, -0.25) is 4.90 Å². The highest BCUT2D eigenvalue weighted by molar-refractivity contribution is 5.41. The molecule has 8 heteroatoms. The Bertz CT molecular complexity index is 790. The van der Waals surface area contributed by atoms with Crippen molar-refractivity contribution in [2.75, 3.05) is 31.1 Å². The van der Waals surface area contributed by atoms with E-state index in [1.807, 2.05) is 0 Å². The maximum absolute atomic E-state index is 13.2. The lowest BCUT2D eigenvalue weighted by Gasteiger charge is -2.35. The number of alkyl halides is 2. The van der Waals surface area contributed by atoms with Gasteiger partial charge in [-0.2, -0.15) is 0 Å². The van der Waals surface area contributed by atoms with Gasteiger partial charge in [0.1, 0.15) is 23.1 Å². The number of halogens is 2. The van der Waals surface area contributed by atoms with Crippen molar-refractivity contribution in [1.29, 1.82) is 0 Å². The molecule has 0 amide bonds. The third-order valence-electron chi connectivity index (χ3n) is 5.55. The molecule has 2 aliphatic carbocycles. The minimum absolute atomic E-state index is 0.153. The molecule has 2 aromatic heterocycles. The van der Waals surface area contributed by atoms with Crippen molar-refractivity contribution < 1.29 is 13.3 Å². The molecule has 0 spiro atoms. The van der Waals surface area contributed by atoms with E-state index in [2.05, 4.69) is 31.0 Å². The summed E-state index contributed by atoms with van der Waals surface area (Å²) in [5.41, 5.74) is 0.822. The number of hydrogen-bond acceptors (Lipinski definition) is 6. The van der Waals surface area contributed by atoms with Crippen LogP contribution in [-0.4, -0.2) is 46.2 Å². The molecule has 0 aromatic carbocycles. The van der Waals surface area contributed by atoms with Gasteiger partial charge in [0.25, 0.3) is 6.43 Å². The zero-order valence-electron chi connectivity index (χ0n) is 15.2. The van der Waals surface area contributed by atoms with Gasteiger partial charge in [0.2, 0.25) is 0 Å². The third-order valence-corrected chi connectivity index (χ3v) is 5.55. The second kappa shape index (κ2) is 6.82. The lowest BCUT2D eigenvalue weighted by molar-refractivity contribution is 0.145. The van der Waals surface area contributed by atoms with E-state index in [4.69, 9.17) is 4.52 Å². The Kier molecular flexibility index (Phi) is 4.30. The highest BCUT2D eigenvalue weighted by Crippen LogP contribution is 2.40. The fourth-order valence-corrected chi connectivity index (χ4v) is 3.60. The number of anilines is 1. The Hall–Kier alpha value is -2.09. The zero-order chi connectivity index (χ0) is 18.4. The van der Waals surface area contributed by atoms with E-state index in [1.165, 1.54) is 18.9 Å². The molecular weight excluding hydrogens is 352 g/mol. The summed E-state index contributed by atoms with van der Waals surface area (Å²) in [6, 6.07) is 3.52. The molecule has 0 bridgehead atoms. The predicted molar refractivity (Wildman–Crippen MR) is 94.9 cm³/mol. The van der Waals surface area contributed by atoms with Gasteiger partial charge in [0, 0.05) is 56.7 Å². The molecule has 0 unspecified atom stereocenters. The number of rotatable bonds is 6. The summed E-state index contributed by atoms with van der Waals surface area (Å²) in [5, 5.41) is 4.18. The second-order valence-electron chi connectivity index (χ2n) is 7.84. The summed E-state index contributed by atoms with van der Waals surface area (Å²) in [4.78, 5) is 13.1. The quantitative estimate of drug-likeness (QED) is 0.770. The van der Waals surface area contributed by atoms with Crippen LogP contribution in [0.25, 0.3) is 0 Å². The molecule has 27 heavy (non-hydrogen) atoms. The van der Waals surface area contributed by atoms with E-state index in [-0.39, 0.29) is 11.6 Å². The molecule has 6 nitrogen and oxygen atoms in total. The van der Waals surface area contributed by atoms with Crippen LogP contribution in [0.1, 0.15) is 66.9 Å². The molecule has 144 valence electrons. The van der Waals surface area contributed by atoms with Crippen LogP contribution in [0.2, 0.25) is 0 Å².